The molecule has 2 aliphatic carbocycles. The van der Waals surface area contributed by atoms with E-state index in [2.05, 4.69) is 29.1 Å². The van der Waals surface area contributed by atoms with Gasteiger partial charge in [0, 0.05) is 76.5 Å². The number of fused-ring (bicyclic) bond motifs is 13. The second-order valence-electron chi connectivity index (χ2n) is 30.5. The van der Waals surface area contributed by atoms with Gasteiger partial charge in [0.2, 0.25) is 0 Å². The molecule has 142 heavy (non-hydrogen) atoms. The number of para-hydroxylation sites is 4. The standard InChI is InChI=1S/2C22H14N2O4.C19H15NO2.C18H11NO3.2C17H11NO3/c1-23-19(21(25)27-3)17-13-9-5-7-11-15(13)18(20(24-2)22(26)28-4)16-12-8-6-10-14(16)17;1-24-20(22(26)28-3)19-15-10-6-4-8-13(15)18(17(12-23)21(25)27-2)14-9-5-7-11-16(14)19;1-12(2)22-19(21)17(11-20)18-15-9-5-3-7-13(15)14-8-4-6-10-16(14)18;1-19-16(18(21)22-2)15-11-7-3-5-9-13(11)17(20)14-10-6-4-8-12(14)15;2*1-18-16(17(19)20-2)15-11-7-3-5-9-13(11)21-14-10-6-4-8-12(14)15/h5-12H,3-4H3;4-11H,2-3H3;3-10,12H,1-2H3;3-10H,2H3;2*3-10H,2H3. The number of carbonyl (C=O) groups excluding carboxylic acids is 9. The van der Waals surface area contributed by atoms with Gasteiger partial charge >= 0.3 is 47.8 Å². The highest BCUT2D eigenvalue weighted by Gasteiger charge is 2.35. The summed E-state index contributed by atoms with van der Waals surface area (Å²) in [5.41, 5.74) is 10.3. The van der Waals surface area contributed by atoms with E-state index in [1.54, 1.807) is 159 Å². The van der Waals surface area contributed by atoms with Gasteiger partial charge in [-0.15, -0.1) is 0 Å². The number of ether oxygens (including phenoxy) is 10. The van der Waals surface area contributed by atoms with Crippen LogP contribution in [0.4, 0.5) is 0 Å². The number of carbonyl (C=O) groups is 9. The van der Waals surface area contributed by atoms with Gasteiger partial charge in [0.15, 0.2) is 5.78 Å². The normalized spacial score (nSPS) is 11.0. The summed E-state index contributed by atoms with van der Waals surface area (Å²) in [5, 5.41) is 25.3. The van der Waals surface area contributed by atoms with Crippen molar-refractivity contribution in [2.75, 3.05) is 49.8 Å². The number of esters is 8. The Labute approximate surface area is 812 Å². The maximum Gasteiger partial charge on any atom is 0.349 e. The lowest BCUT2D eigenvalue weighted by molar-refractivity contribution is -0.142. The highest BCUT2D eigenvalue weighted by atomic mass is 16.6. The Hall–Kier alpha value is -20.5. The lowest BCUT2D eigenvalue weighted by Crippen LogP contribution is -2.23. The summed E-state index contributed by atoms with van der Waals surface area (Å²) < 4.78 is 50.2. The van der Waals surface area contributed by atoms with Gasteiger partial charge < -0.3 is 47.4 Å². The quantitative estimate of drug-likeness (QED) is 0.0323. The molecule has 0 bridgehead atoms. The van der Waals surface area contributed by atoms with Gasteiger partial charge in [0.1, 0.15) is 46.3 Å². The predicted molar refractivity (Wildman–Crippen MR) is 529 cm³/mol. The molecular weight excluding hydrogens is 1800 g/mol. The van der Waals surface area contributed by atoms with Crippen LogP contribution in [-0.2, 0) is 76.3 Å². The molecule has 18 rings (SSSR count). The second-order valence-corrected chi connectivity index (χ2v) is 30.5. The van der Waals surface area contributed by atoms with E-state index in [0.29, 0.717) is 154 Å². The minimum Gasteiger partial charge on any atom is -0.474 e. The summed E-state index contributed by atoms with van der Waals surface area (Å²) in [6.45, 7) is 48.1. The Balaban J connectivity index is 0.000000144. The van der Waals surface area contributed by atoms with Crippen LogP contribution in [0.2, 0.25) is 0 Å². The van der Waals surface area contributed by atoms with Gasteiger partial charge in [-0.3, -0.25) is 33.6 Å². The number of hydrogen-bond donors (Lipinski definition) is 0. The fourth-order valence-electron chi connectivity index (χ4n) is 16.6. The molecule has 0 spiro atoms. The van der Waals surface area contributed by atoms with Crippen LogP contribution in [0, 0.1) is 62.1 Å². The molecule has 0 radical (unpaired) electrons. The zero-order chi connectivity index (χ0) is 102. The van der Waals surface area contributed by atoms with Crippen molar-refractivity contribution in [1.29, 1.82) is 10.5 Å². The van der Waals surface area contributed by atoms with Gasteiger partial charge in [0.05, 0.1) is 95.3 Å². The average molecular weight is 1870 g/mol. The highest BCUT2D eigenvalue weighted by molar-refractivity contribution is 6.25. The van der Waals surface area contributed by atoms with E-state index in [-0.39, 0.29) is 57.2 Å². The maximum atomic E-state index is 12.6. The summed E-state index contributed by atoms with van der Waals surface area (Å²) in [6.07, 6.45) is -0.261. The number of benzene rings is 14. The molecule has 0 N–H and O–H groups in total. The first-order valence-corrected chi connectivity index (χ1v) is 42.8. The SMILES string of the molecule is CC(C)OC(=O)C(C#N)=C1c2ccccc2-c2ccccc21.[C-]#[N+]C(C(=O)OC)=C1c2ccccc2C(=O)c2ccccc21.[C-]#[N+]C(C(=O)OC)=C1c2ccccc2Oc2ccccc21.[C-]#[N+]C(C(=O)OC)=C1c2ccccc2Oc2ccccc21.[C-]#[N+]C(C(=O)OC)=c1c2ccccc2c(=C(C#N)C(=O)OC)c2ccccc12.[C-]#[N+]C(C(=O)OC)=c1c2ccccc2c(=C([N+]#[C-])C(=O)OC)c2ccccc12. The highest BCUT2D eigenvalue weighted by Crippen LogP contribution is 2.49. The van der Waals surface area contributed by atoms with Crippen LogP contribution in [0.25, 0.3) is 128 Å². The lowest BCUT2D eigenvalue weighted by atomic mass is 9.80. The largest absolute Gasteiger partial charge is 0.474 e. The van der Waals surface area contributed by atoms with Crippen molar-refractivity contribution in [2.24, 2.45) is 0 Å². The summed E-state index contributed by atoms with van der Waals surface area (Å²) in [5.74, 6) is -3.20. The first-order chi connectivity index (χ1) is 69.0. The summed E-state index contributed by atoms with van der Waals surface area (Å²) in [4.78, 5) is 130. The van der Waals surface area contributed by atoms with Crippen LogP contribution in [0.5, 0.6) is 23.0 Å². The fraction of sp³-hybridized carbons (Fsp3) is 0.0870. The van der Waals surface area contributed by atoms with Crippen molar-refractivity contribution in [3.63, 3.8) is 0 Å². The number of nitriles is 2. The van der Waals surface area contributed by atoms with E-state index >= 15 is 0 Å². The Morgan fingerprint density at radius 3 is 0.676 bits per heavy atom. The smallest absolute Gasteiger partial charge is 0.349 e. The van der Waals surface area contributed by atoms with Crippen LogP contribution in [0.15, 0.2) is 314 Å². The Bertz CT molecular complexity index is 7620. The Kier molecular flexibility index (Phi) is 31.4. The van der Waals surface area contributed by atoms with E-state index in [4.69, 9.17) is 86.8 Å². The predicted octanol–water partition coefficient (Wildman–Crippen LogP) is 18.7. The van der Waals surface area contributed by atoms with Gasteiger partial charge in [-0.1, -0.05) is 267 Å². The zero-order valence-corrected chi connectivity index (χ0v) is 77.1. The minimum absolute atomic E-state index is 0.0410. The Morgan fingerprint density at radius 1 is 0.246 bits per heavy atom. The van der Waals surface area contributed by atoms with E-state index in [1.165, 1.54) is 49.8 Å². The van der Waals surface area contributed by atoms with Gasteiger partial charge in [-0.2, -0.15) is 10.5 Å². The van der Waals surface area contributed by atoms with Crippen molar-refractivity contribution in [2.45, 2.75) is 20.0 Å². The number of rotatable bonds is 9. The molecule has 0 amide bonds. The minimum atomic E-state index is -0.757. The molecule has 0 atom stereocenters. The van der Waals surface area contributed by atoms with Crippen molar-refractivity contribution in [3.05, 3.63) is 459 Å². The molecule has 4 aliphatic rings. The molecule has 0 saturated heterocycles. The molecule has 2 aliphatic heterocycles. The molecule has 690 valence electrons. The van der Waals surface area contributed by atoms with Crippen molar-refractivity contribution in [3.8, 4) is 46.3 Å². The molecule has 2 heterocycles. The van der Waals surface area contributed by atoms with Gasteiger partial charge in [0.25, 0.3) is 34.2 Å². The second kappa shape index (κ2) is 45.0. The van der Waals surface area contributed by atoms with E-state index < -0.39 is 47.8 Å². The first-order valence-electron chi connectivity index (χ1n) is 42.8. The van der Waals surface area contributed by atoms with Crippen LogP contribution < -0.4 is 30.3 Å². The Morgan fingerprint density at radius 2 is 0.444 bits per heavy atom. The molecule has 0 aromatic heterocycles. The van der Waals surface area contributed by atoms with Crippen LogP contribution in [-0.4, -0.2) is 109 Å². The molecule has 0 fully saturated rings. The van der Waals surface area contributed by atoms with Crippen molar-refractivity contribution >= 4 is 142 Å². The first kappa shape index (κ1) is 99.0. The third-order valence-corrected chi connectivity index (χ3v) is 22.5. The van der Waals surface area contributed by atoms with Crippen molar-refractivity contribution in [1.82, 2.24) is 0 Å². The number of nitrogens with zero attached hydrogens (tertiary/aromatic N) is 8. The molecule has 27 heteroatoms. The lowest BCUT2D eigenvalue weighted by Gasteiger charge is -2.23. The summed E-state index contributed by atoms with van der Waals surface area (Å²) >= 11 is 0. The molecule has 0 saturated carbocycles. The monoisotopic (exact) mass is 1870 g/mol. The zero-order valence-electron chi connectivity index (χ0n) is 77.1. The van der Waals surface area contributed by atoms with Gasteiger partial charge in [-0.05, 0) is 115 Å². The number of methoxy groups -OCH3 is 7. The number of ketones is 1. The van der Waals surface area contributed by atoms with Crippen molar-refractivity contribution < 1.29 is 90.5 Å². The van der Waals surface area contributed by atoms with Gasteiger partial charge in [-0.25, -0.2) is 38.7 Å². The van der Waals surface area contributed by atoms with Crippen LogP contribution in [0.1, 0.15) is 74.3 Å². The van der Waals surface area contributed by atoms with Crippen LogP contribution >= 0.6 is 0 Å². The summed E-state index contributed by atoms with van der Waals surface area (Å²) in [7, 11) is 8.63. The fourth-order valence-corrected chi connectivity index (χ4v) is 16.6. The average Bonchev–Trinajstić information content (AvgIpc) is 1.79. The van der Waals surface area contributed by atoms with E-state index in [0.717, 1.165) is 22.3 Å². The van der Waals surface area contributed by atoms with E-state index in [1.807, 2.05) is 158 Å². The molecule has 0 unspecified atom stereocenters. The summed E-state index contributed by atoms with van der Waals surface area (Å²) in [6, 6.07) is 90.9. The third kappa shape index (κ3) is 19.5. The topological polar surface area (TPSA) is 320 Å². The molecule has 14 aromatic carbocycles. The third-order valence-electron chi connectivity index (χ3n) is 22.5. The molecule has 27 nitrogen and oxygen atoms in total. The molecular formula is C115H76N8O19. The maximum absolute atomic E-state index is 12.6. The molecule has 14 aromatic rings. The van der Waals surface area contributed by atoms with E-state index in [9.17, 15) is 53.7 Å². The number of hydrogen-bond acceptors (Lipinski definition) is 21. The van der Waals surface area contributed by atoms with Crippen LogP contribution in [0.3, 0.4) is 0 Å².